The van der Waals surface area contributed by atoms with E-state index in [0.717, 1.165) is 18.7 Å². The first-order valence-electron chi connectivity index (χ1n) is 7.79. The number of amides is 1. The fourth-order valence-corrected chi connectivity index (χ4v) is 3.02. The summed E-state index contributed by atoms with van der Waals surface area (Å²) in [6, 6.07) is 5.54. The summed E-state index contributed by atoms with van der Waals surface area (Å²) < 4.78 is 0. The highest BCUT2D eigenvalue weighted by molar-refractivity contribution is 5.78. The Hall–Kier alpha value is -2.21. The number of rotatable bonds is 7. The van der Waals surface area contributed by atoms with Crippen LogP contribution in [0.25, 0.3) is 0 Å². The third kappa shape index (κ3) is 4.63. The van der Waals surface area contributed by atoms with E-state index in [1.165, 1.54) is 0 Å². The molecule has 1 fully saturated rings. The van der Waals surface area contributed by atoms with Gasteiger partial charge in [0.2, 0.25) is 5.91 Å². The quantitative estimate of drug-likeness (QED) is 0.744. The first-order chi connectivity index (χ1) is 11.1. The van der Waals surface area contributed by atoms with E-state index < -0.39 is 11.4 Å². The predicted molar refractivity (Wildman–Crippen MR) is 86.6 cm³/mol. The normalized spacial score (nSPS) is 21.6. The minimum absolute atomic E-state index is 0.115. The lowest BCUT2D eigenvalue weighted by Gasteiger charge is -2.39. The predicted octanol–water partition coefficient (Wildman–Crippen LogP) is 1.44. The van der Waals surface area contributed by atoms with Crippen LogP contribution in [0.1, 0.15) is 25.0 Å². The van der Waals surface area contributed by atoms with Crippen LogP contribution in [-0.4, -0.2) is 46.5 Å². The monoisotopic (exact) mass is 317 g/mol. The summed E-state index contributed by atoms with van der Waals surface area (Å²) >= 11 is 0. The second kappa shape index (κ2) is 7.87. The van der Waals surface area contributed by atoms with Crippen molar-refractivity contribution in [2.45, 2.75) is 25.8 Å². The van der Waals surface area contributed by atoms with Gasteiger partial charge >= 0.3 is 5.97 Å². The van der Waals surface area contributed by atoms with E-state index in [1.807, 2.05) is 23.1 Å². The highest BCUT2D eigenvalue weighted by Gasteiger charge is 2.41. The zero-order chi connectivity index (χ0) is 16.7. The number of carboxylic acids is 1. The van der Waals surface area contributed by atoms with Gasteiger partial charge in [-0.2, -0.15) is 0 Å². The number of carbonyl (C=O) groups is 2. The maximum atomic E-state index is 12.1. The Bertz CT molecular complexity index is 561. The van der Waals surface area contributed by atoms with Crippen molar-refractivity contribution in [1.29, 1.82) is 0 Å². The molecule has 0 bridgehead atoms. The van der Waals surface area contributed by atoms with Gasteiger partial charge in [0.1, 0.15) is 0 Å². The average Bonchev–Trinajstić information content (AvgIpc) is 2.54. The number of carbonyl (C=O) groups excluding carboxylic acids is 1. The number of nitrogens with one attached hydrogen (secondary N) is 1. The molecule has 1 aromatic heterocycles. The molecule has 6 nitrogen and oxygen atoms in total. The van der Waals surface area contributed by atoms with Crippen LogP contribution >= 0.6 is 0 Å². The summed E-state index contributed by atoms with van der Waals surface area (Å²) in [4.78, 5) is 29.8. The first kappa shape index (κ1) is 17.1. The molecule has 2 heterocycles. The van der Waals surface area contributed by atoms with Gasteiger partial charge in [0.25, 0.3) is 0 Å². The summed E-state index contributed by atoms with van der Waals surface area (Å²) in [5, 5.41) is 12.4. The van der Waals surface area contributed by atoms with Crippen molar-refractivity contribution in [1.82, 2.24) is 15.2 Å². The number of likely N-dealkylation sites (tertiary alicyclic amines) is 1. The number of hydrogen-bond acceptors (Lipinski definition) is 4. The van der Waals surface area contributed by atoms with Crippen LogP contribution in [0, 0.1) is 5.41 Å². The molecule has 0 saturated carbocycles. The van der Waals surface area contributed by atoms with Crippen molar-refractivity contribution in [3.05, 3.63) is 42.7 Å². The van der Waals surface area contributed by atoms with Gasteiger partial charge in [0.05, 0.1) is 24.2 Å². The van der Waals surface area contributed by atoms with Gasteiger partial charge in [-0.15, -0.1) is 6.58 Å². The first-order valence-corrected chi connectivity index (χ1v) is 7.79. The van der Waals surface area contributed by atoms with E-state index >= 15 is 0 Å². The molecule has 23 heavy (non-hydrogen) atoms. The lowest BCUT2D eigenvalue weighted by Crippen LogP contribution is -2.50. The van der Waals surface area contributed by atoms with Gasteiger partial charge in [0, 0.05) is 12.7 Å². The standard InChI is InChI=1S/C17H23N3O3/c1-2-7-17(16(22)23)8-5-10-20(13-17)12-15(21)19-11-14-6-3-4-9-18-14/h2-4,6,9H,1,5,7-8,10-13H2,(H,19,21)(H,22,23)/t17-/m1/s1. The fraction of sp³-hybridized carbons (Fsp3) is 0.471. The van der Waals surface area contributed by atoms with Gasteiger partial charge in [-0.1, -0.05) is 12.1 Å². The summed E-state index contributed by atoms with van der Waals surface area (Å²) in [5.41, 5.74) is -0.0209. The van der Waals surface area contributed by atoms with Crippen LogP contribution in [0.3, 0.4) is 0 Å². The van der Waals surface area contributed by atoms with Crippen LogP contribution in [0.2, 0.25) is 0 Å². The second-order valence-corrected chi connectivity index (χ2v) is 5.99. The van der Waals surface area contributed by atoms with E-state index in [0.29, 0.717) is 25.9 Å². The van der Waals surface area contributed by atoms with Crippen molar-refractivity contribution < 1.29 is 14.7 Å². The van der Waals surface area contributed by atoms with Crippen molar-refractivity contribution in [3.8, 4) is 0 Å². The highest BCUT2D eigenvalue weighted by Crippen LogP contribution is 2.34. The molecule has 0 spiro atoms. The smallest absolute Gasteiger partial charge is 0.311 e. The van der Waals surface area contributed by atoms with Crippen LogP contribution < -0.4 is 5.32 Å². The number of aliphatic carboxylic acids is 1. The van der Waals surface area contributed by atoms with Gasteiger partial charge in [0.15, 0.2) is 0 Å². The molecular formula is C17H23N3O3. The Morgan fingerprint density at radius 2 is 2.30 bits per heavy atom. The number of carboxylic acid groups (broad SMARTS) is 1. The molecule has 0 aromatic carbocycles. The molecule has 0 radical (unpaired) electrons. The van der Waals surface area contributed by atoms with Crippen molar-refractivity contribution in [2.24, 2.45) is 5.41 Å². The Kier molecular flexibility index (Phi) is 5.87. The molecule has 0 aliphatic carbocycles. The molecule has 2 rings (SSSR count). The molecule has 6 heteroatoms. The molecule has 1 amide bonds. The largest absolute Gasteiger partial charge is 0.481 e. The zero-order valence-corrected chi connectivity index (χ0v) is 13.2. The number of piperidine rings is 1. The summed E-state index contributed by atoms with van der Waals surface area (Å²) in [6.07, 6.45) is 5.16. The Balaban J connectivity index is 1.87. The molecular weight excluding hydrogens is 294 g/mol. The maximum absolute atomic E-state index is 12.1. The minimum Gasteiger partial charge on any atom is -0.481 e. The molecule has 1 aliphatic rings. The van der Waals surface area contributed by atoms with Gasteiger partial charge in [-0.25, -0.2) is 0 Å². The molecule has 2 N–H and O–H groups in total. The molecule has 1 aromatic rings. The molecule has 0 unspecified atom stereocenters. The molecule has 1 aliphatic heterocycles. The van der Waals surface area contributed by atoms with Crippen molar-refractivity contribution in [2.75, 3.05) is 19.6 Å². The van der Waals surface area contributed by atoms with Gasteiger partial charge in [-0.05, 0) is 37.9 Å². The fourth-order valence-electron chi connectivity index (χ4n) is 3.02. The number of allylic oxidation sites excluding steroid dienone is 1. The van der Waals surface area contributed by atoms with E-state index in [4.69, 9.17) is 0 Å². The van der Waals surface area contributed by atoms with Crippen LogP contribution in [0.5, 0.6) is 0 Å². The number of hydrogen-bond donors (Lipinski definition) is 2. The third-order valence-corrected chi connectivity index (χ3v) is 4.20. The lowest BCUT2D eigenvalue weighted by atomic mass is 9.77. The second-order valence-electron chi connectivity index (χ2n) is 5.99. The van der Waals surface area contributed by atoms with E-state index in [2.05, 4.69) is 16.9 Å². The SMILES string of the molecule is C=CC[C@@]1(C(=O)O)CCCN(CC(=O)NCc2ccccn2)C1. The third-order valence-electron chi connectivity index (χ3n) is 4.20. The topological polar surface area (TPSA) is 82.5 Å². The van der Waals surface area contributed by atoms with Crippen LogP contribution in [-0.2, 0) is 16.1 Å². The highest BCUT2D eigenvalue weighted by atomic mass is 16.4. The number of aromatic nitrogens is 1. The number of pyridine rings is 1. The Morgan fingerprint density at radius 1 is 1.48 bits per heavy atom. The summed E-state index contributed by atoms with van der Waals surface area (Å²) in [6.45, 7) is 5.37. The summed E-state index contributed by atoms with van der Waals surface area (Å²) in [7, 11) is 0. The van der Waals surface area contributed by atoms with Crippen molar-refractivity contribution >= 4 is 11.9 Å². The average molecular weight is 317 g/mol. The molecule has 1 atom stereocenters. The lowest BCUT2D eigenvalue weighted by molar-refractivity contribution is -0.153. The zero-order valence-electron chi connectivity index (χ0n) is 13.2. The maximum Gasteiger partial charge on any atom is 0.311 e. The van der Waals surface area contributed by atoms with Gasteiger partial charge < -0.3 is 10.4 Å². The number of nitrogens with zero attached hydrogens (tertiary/aromatic N) is 2. The molecule has 124 valence electrons. The van der Waals surface area contributed by atoms with Gasteiger partial charge in [-0.3, -0.25) is 19.5 Å². The summed E-state index contributed by atoms with van der Waals surface area (Å²) in [5.74, 6) is -0.925. The van der Waals surface area contributed by atoms with E-state index in [1.54, 1.807) is 12.3 Å². The molecule has 1 saturated heterocycles. The van der Waals surface area contributed by atoms with E-state index in [-0.39, 0.29) is 12.5 Å². The van der Waals surface area contributed by atoms with Crippen LogP contribution in [0.15, 0.2) is 37.1 Å². The minimum atomic E-state index is -0.818. The van der Waals surface area contributed by atoms with Crippen molar-refractivity contribution in [3.63, 3.8) is 0 Å². The Labute approximate surface area is 136 Å². The van der Waals surface area contributed by atoms with Crippen LogP contribution in [0.4, 0.5) is 0 Å². The Morgan fingerprint density at radius 3 is 2.96 bits per heavy atom. The van der Waals surface area contributed by atoms with E-state index in [9.17, 15) is 14.7 Å².